The van der Waals surface area contributed by atoms with Gasteiger partial charge in [-0.2, -0.15) is 0 Å². The van der Waals surface area contributed by atoms with Gasteiger partial charge in [-0.15, -0.1) is 10.2 Å². The average Bonchev–Trinajstić information content (AvgIpc) is 3.22. The second-order valence-corrected chi connectivity index (χ2v) is 7.10. The van der Waals surface area contributed by atoms with E-state index in [1.165, 1.54) is 12.1 Å². The van der Waals surface area contributed by atoms with Crippen molar-refractivity contribution < 1.29 is 14.6 Å². The lowest BCUT2D eigenvalue weighted by Gasteiger charge is -2.14. The third-order valence-corrected chi connectivity index (χ3v) is 5.26. The Morgan fingerprint density at radius 3 is 2.85 bits per heavy atom. The Kier molecular flexibility index (Phi) is 4.94. The predicted molar refractivity (Wildman–Crippen MR) is 98.4 cm³/mol. The Balaban J connectivity index is 1.50. The van der Waals surface area contributed by atoms with Gasteiger partial charge in [0.15, 0.2) is 5.82 Å². The van der Waals surface area contributed by atoms with Crippen molar-refractivity contribution in [3.63, 3.8) is 0 Å². The third-order valence-electron chi connectivity index (χ3n) is 4.96. The van der Waals surface area contributed by atoms with Crippen LogP contribution in [0.25, 0.3) is 5.65 Å². The van der Waals surface area contributed by atoms with Gasteiger partial charge in [0.25, 0.3) is 0 Å². The first-order valence-corrected chi connectivity index (χ1v) is 9.16. The summed E-state index contributed by atoms with van der Waals surface area (Å²) >= 11 is 5.70. The summed E-state index contributed by atoms with van der Waals surface area (Å²) in [5.41, 5.74) is 1.37. The lowest BCUT2D eigenvalue weighted by atomic mass is 10.1. The van der Waals surface area contributed by atoms with E-state index in [0.717, 1.165) is 5.56 Å². The van der Waals surface area contributed by atoms with E-state index in [0.29, 0.717) is 43.1 Å². The molecule has 0 radical (unpaired) electrons. The van der Waals surface area contributed by atoms with E-state index >= 15 is 0 Å². The van der Waals surface area contributed by atoms with Crippen LogP contribution in [0.4, 0.5) is 10.2 Å². The standard InChI is InChI=1S/C18H19ClFN5O2/c19-12-3-1-10(9-13(12)20)5-6-21-16-18-24-23-17(25(18)8-7-22-16)11-2-4-14(26)15(11)27/h1,3,7-9,11,14-15,26-27H,2,4-6H2,(H,21,22)/t11-,14-,15+/m1/s1. The molecule has 2 heterocycles. The van der Waals surface area contributed by atoms with Gasteiger partial charge in [-0.05, 0) is 37.0 Å². The van der Waals surface area contributed by atoms with Crippen LogP contribution in [0.5, 0.6) is 0 Å². The summed E-state index contributed by atoms with van der Waals surface area (Å²) in [6.07, 6.45) is 3.56. The molecule has 0 bridgehead atoms. The molecule has 7 nitrogen and oxygen atoms in total. The number of benzene rings is 1. The van der Waals surface area contributed by atoms with Crippen molar-refractivity contribution in [3.05, 3.63) is 52.8 Å². The molecule has 4 rings (SSSR count). The van der Waals surface area contributed by atoms with Crippen molar-refractivity contribution in [2.24, 2.45) is 0 Å². The minimum absolute atomic E-state index is 0.105. The van der Waals surface area contributed by atoms with E-state index in [2.05, 4.69) is 20.5 Å². The molecule has 0 amide bonds. The first-order valence-electron chi connectivity index (χ1n) is 8.78. The van der Waals surface area contributed by atoms with Gasteiger partial charge >= 0.3 is 0 Å². The van der Waals surface area contributed by atoms with Gasteiger partial charge in [0, 0.05) is 24.9 Å². The van der Waals surface area contributed by atoms with E-state index in [-0.39, 0.29) is 10.9 Å². The number of halogens is 2. The number of aromatic nitrogens is 4. The van der Waals surface area contributed by atoms with Gasteiger partial charge < -0.3 is 15.5 Å². The number of hydrogen-bond donors (Lipinski definition) is 3. The second kappa shape index (κ2) is 7.38. The summed E-state index contributed by atoms with van der Waals surface area (Å²) in [7, 11) is 0. The van der Waals surface area contributed by atoms with Crippen LogP contribution in [0.1, 0.15) is 30.1 Å². The highest BCUT2D eigenvalue weighted by atomic mass is 35.5. The summed E-state index contributed by atoms with van der Waals surface area (Å²) in [6, 6.07) is 4.74. The Bertz CT molecular complexity index is 966. The van der Waals surface area contributed by atoms with Crippen LogP contribution < -0.4 is 5.32 Å². The molecule has 1 aliphatic carbocycles. The molecular weight excluding hydrogens is 373 g/mol. The molecule has 3 atom stereocenters. The van der Waals surface area contributed by atoms with E-state index in [9.17, 15) is 14.6 Å². The van der Waals surface area contributed by atoms with Crippen LogP contribution in [0.3, 0.4) is 0 Å². The largest absolute Gasteiger partial charge is 0.390 e. The van der Waals surface area contributed by atoms with Crippen LogP contribution in [-0.2, 0) is 6.42 Å². The van der Waals surface area contributed by atoms with E-state index < -0.39 is 18.0 Å². The minimum atomic E-state index is -0.846. The van der Waals surface area contributed by atoms with Crippen molar-refractivity contribution in [3.8, 4) is 0 Å². The molecule has 3 aromatic rings. The monoisotopic (exact) mass is 391 g/mol. The van der Waals surface area contributed by atoms with E-state index in [1.54, 1.807) is 22.9 Å². The highest BCUT2D eigenvalue weighted by Crippen LogP contribution is 2.34. The molecule has 0 saturated heterocycles. The minimum Gasteiger partial charge on any atom is -0.390 e. The fourth-order valence-corrected chi connectivity index (χ4v) is 3.60. The van der Waals surface area contributed by atoms with Gasteiger partial charge in [-0.3, -0.25) is 4.40 Å². The number of fused-ring (bicyclic) bond motifs is 1. The van der Waals surface area contributed by atoms with Crippen molar-refractivity contribution in [1.82, 2.24) is 19.6 Å². The van der Waals surface area contributed by atoms with Crippen LogP contribution in [-0.4, -0.2) is 48.5 Å². The number of rotatable bonds is 5. The van der Waals surface area contributed by atoms with Crippen molar-refractivity contribution in [1.29, 1.82) is 0 Å². The normalized spacial score (nSPS) is 22.4. The highest BCUT2D eigenvalue weighted by Gasteiger charge is 2.37. The summed E-state index contributed by atoms with van der Waals surface area (Å²) < 4.78 is 15.3. The number of nitrogens with zero attached hydrogens (tertiary/aromatic N) is 4. The molecule has 1 fully saturated rings. The maximum absolute atomic E-state index is 13.5. The lowest BCUT2D eigenvalue weighted by molar-refractivity contribution is 0.0338. The Hall–Kier alpha value is -2.29. The van der Waals surface area contributed by atoms with Crippen molar-refractivity contribution in [2.75, 3.05) is 11.9 Å². The molecule has 1 aliphatic rings. The number of aliphatic hydroxyl groups is 2. The molecule has 27 heavy (non-hydrogen) atoms. The molecular formula is C18H19ClFN5O2. The molecule has 0 unspecified atom stereocenters. The van der Waals surface area contributed by atoms with Crippen LogP contribution in [0, 0.1) is 5.82 Å². The van der Waals surface area contributed by atoms with Crippen LogP contribution >= 0.6 is 11.6 Å². The average molecular weight is 392 g/mol. The Morgan fingerprint density at radius 1 is 1.26 bits per heavy atom. The molecule has 1 aromatic carbocycles. The van der Waals surface area contributed by atoms with Crippen LogP contribution in [0.15, 0.2) is 30.6 Å². The summed E-state index contributed by atoms with van der Waals surface area (Å²) in [4.78, 5) is 4.30. The zero-order valence-corrected chi connectivity index (χ0v) is 15.1. The van der Waals surface area contributed by atoms with Gasteiger partial charge in [0.1, 0.15) is 11.6 Å². The van der Waals surface area contributed by atoms with E-state index in [4.69, 9.17) is 11.6 Å². The zero-order chi connectivity index (χ0) is 19.0. The van der Waals surface area contributed by atoms with Gasteiger partial charge in [0.2, 0.25) is 5.65 Å². The van der Waals surface area contributed by atoms with Crippen LogP contribution in [0.2, 0.25) is 5.02 Å². The highest BCUT2D eigenvalue weighted by molar-refractivity contribution is 6.30. The topological polar surface area (TPSA) is 95.6 Å². The first kappa shape index (κ1) is 18.1. The van der Waals surface area contributed by atoms with Gasteiger partial charge in [-0.25, -0.2) is 9.37 Å². The maximum atomic E-state index is 13.5. The zero-order valence-electron chi connectivity index (χ0n) is 14.4. The van der Waals surface area contributed by atoms with E-state index in [1.807, 2.05) is 0 Å². The van der Waals surface area contributed by atoms with Gasteiger partial charge in [0.05, 0.1) is 17.2 Å². The predicted octanol–water partition coefficient (Wildman–Crippen LogP) is 2.17. The summed E-state index contributed by atoms with van der Waals surface area (Å²) in [5.74, 6) is 0.467. The Morgan fingerprint density at radius 2 is 2.11 bits per heavy atom. The fraction of sp³-hybridized carbons (Fsp3) is 0.389. The number of anilines is 1. The second-order valence-electron chi connectivity index (χ2n) is 6.69. The lowest BCUT2D eigenvalue weighted by Crippen LogP contribution is -2.24. The molecule has 0 aliphatic heterocycles. The van der Waals surface area contributed by atoms with Crippen molar-refractivity contribution in [2.45, 2.75) is 37.4 Å². The Labute approximate surface area is 159 Å². The molecule has 0 spiro atoms. The SMILES string of the molecule is O[C@@H]1[C@H](O)CC[C@H]1c1nnc2c(NCCc3ccc(Cl)c(F)c3)nccn12. The summed E-state index contributed by atoms with van der Waals surface area (Å²) in [6.45, 7) is 0.528. The maximum Gasteiger partial charge on any atom is 0.203 e. The fourth-order valence-electron chi connectivity index (χ4n) is 3.48. The number of nitrogens with one attached hydrogen (secondary N) is 1. The molecule has 1 saturated carbocycles. The molecule has 3 N–H and O–H groups in total. The first-order chi connectivity index (χ1) is 13.0. The number of hydrogen-bond acceptors (Lipinski definition) is 6. The molecule has 2 aromatic heterocycles. The van der Waals surface area contributed by atoms with Gasteiger partial charge in [-0.1, -0.05) is 17.7 Å². The smallest absolute Gasteiger partial charge is 0.203 e. The summed E-state index contributed by atoms with van der Waals surface area (Å²) in [5, 5.41) is 31.6. The quantitative estimate of drug-likeness (QED) is 0.617. The third kappa shape index (κ3) is 3.47. The number of aliphatic hydroxyl groups excluding tert-OH is 2. The van der Waals surface area contributed by atoms with Crippen molar-refractivity contribution >= 4 is 23.1 Å². The molecule has 142 valence electrons. The molecule has 9 heteroatoms.